The number of likely N-dealkylation sites (tertiary alicyclic amines) is 1. The van der Waals surface area contributed by atoms with Gasteiger partial charge in [-0.05, 0) is 106 Å². The van der Waals surface area contributed by atoms with Crippen LogP contribution in [0, 0.1) is 5.92 Å². The van der Waals surface area contributed by atoms with Gasteiger partial charge in [-0.1, -0.05) is 18.2 Å². The number of imidazole rings is 2. The van der Waals surface area contributed by atoms with Gasteiger partial charge in [-0.15, -0.1) is 0 Å². The first-order valence-electron chi connectivity index (χ1n) is 19.2. The maximum Gasteiger partial charge on any atom is 0.407 e. The van der Waals surface area contributed by atoms with Crippen molar-refractivity contribution < 1.29 is 23.9 Å². The van der Waals surface area contributed by atoms with Crippen molar-refractivity contribution in [1.82, 2.24) is 40.5 Å². The van der Waals surface area contributed by atoms with Crippen LogP contribution in [0.2, 0.25) is 0 Å². The zero-order chi connectivity index (χ0) is 38.2. The van der Waals surface area contributed by atoms with Crippen LogP contribution in [0.5, 0.6) is 0 Å². The van der Waals surface area contributed by atoms with Gasteiger partial charge in [0.05, 0.1) is 53.5 Å². The van der Waals surface area contributed by atoms with Crippen molar-refractivity contribution in [2.45, 2.75) is 75.9 Å². The standard InChI is InChI=1S/C41H47N9O5/c1-22(43-40(52)54-2)39(51)50-19-5-7-34(50)38-46-31-14-11-24-20-25(10-12-27(24)35(31)49-38)29-15-13-28-30(44-29)16-17-32-36(28)48-37(45-32)26(6-4-18-42)21-33(23-8-9-23)47-41(53)55-3/h10-17,20,22-23,26,33-34H,4-9,18-19,21,42H2,1-3H3,(H,43,52)(H,45,48)(H,46,49)(H,47,53)/t22-,26?,33+,34-/m0/s1. The fraction of sp³-hybridized carbons (Fsp3) is 0.415. The van der Waals surface area contributed by atoms with E-state index in [0.29, 0.717) is 19.0 Å². The van der Waals surface area contributed by atoms with Crippen LogP contribution >= 0.6 is 0 Å². The molecule has 14 heteroatoms. The number of aromatic amines is 2. The molecule has 3 aromatic heterocycles. The SMILES string of the molecule is COC(=O)N[C@@H](C)C(=O)N1CCC[C@H]1c1nc2ccc3cc(-c4ccc5c(ccc6nc(C(CCCN)C[C@@H](NC(=O)OC)C7CC7)[nH]c65)n4)ccc3c2[nH]1. The molecule has 55 heavy (non-hydrogen) atoms. The van der Waals surface area contributed by atoms with E-state index in [1.807, 2.05) is 24.3 Å². The lowest BCUT2D eigenvalue weighted by Crippen LogP contribution is -2.46. The van der Waals surface area contributed by atoms with Crippen molar-refractivity contribution in [2.24, 2.45) is 11.7 Å². The topological polar surface area (TPSA) is 193 Å². The Kier molecular flexibility index (Phi) is 9.99. The summed E-state index contributed by atoms with van der Waals surface area (Å²) in [5, 5.41) is 8.71. The summed E-state index contributed by atoms with van der Waals surface area (Å²) in [4.78, 5) is 61.1. The number of aromatic nitrogens is 5. The van der Waals surface area contributed by atoms with Gasteiger partial charge in [0.1, 0.15) is 17.7 Å². The van der Waals surface area contributed by atoms with Gasteiger partial charge in [0.15, 0.2) is 0 Å². The number of fused-ring (bicyclic) bond motifs is 6. The Labute approximate surface area is 317 Å². The monoisotopic (exact) mass is 745 g/mol. The summed E-state index contributed by atoms with van der Waals surface area (Å²) in [6, 6.07) is 17.7. The number of amides is 3. The minimum absolute atomic E-state index is 0.0261. The predicted octanol–water partition coefficient (Wildman–Crippen LogP) is 6.56. The number of nitrogens with two attached hydrogens (primary N) is 1. The van der Waals surface area contributed by atoms with Gasteiger partial charge in [-0.3, -0.25) is 4.79 Å². The lowest BCUT2D eigenvalue weighted by Gasteiger charge is -2.26. The molecule has 6 aromatic rings. The summed E-state index contributed by atoms with van der Waals surface area (Å²) in [6.07, 6.45) is 5.29. The van der Waals surface area contributed by atoms with E-state index in [4.69, 9.17) is 25.4 Å². The van der Waals surface area contributed by atoms with Crippen molar-refractivity contribution in [3.05, 3.63) is 66.2 Å². The summed E-state index contributed by atoms with van der Waals surface area (Å²) in [5.74, 6) is 2.03. The summed E-state index contributed by atoms with van der Waals surface area (Å²) in [7, 11) is 2.68. The molecule has 1 saturated carbocycles. The largest absolute Gasteiger partial charge is 0.453 e. The molecule has 4 atom stereocenters. The molecule has 1 saturated heterocycles. The van der Waals surface area contributed by atoms with Crippen LogP contribution in [0.3, 0.4) is 0 Å². The minimum Gasteiger partial charge on any atom is -0.453 e. The first kappa shape index (κ1) is 36.2. The fourth-order valence-electron chi connectivity index (χ4n) is 8.18. The lowest BCUT2D eigenvalue weighted by molar-refractivity contribution is -0.134. The Morgan fingerprint density at radius 1 is 0.873 bits per heavy atom. The smallest absolute Gasteiger partial charge is 0.407 e. The van der Waals surface area contributed by atoms with Crippen molar-refractivity contribution in [3.63, 3.8) is 0 Å². The van der Waals surface area contributed by atoms with Crippen LogP contribution in [0.4, 0.5) is 9.59 Å². The summed E-state index contributed by atoms with van der Waals surface area (Å²) in [5.41, 5.74) is 12.2. The molecule has 6 N–H and O–H groups in total. The minimum atomic E-state index is -0.713. The number of nitrogens with one attached hydrogen (secondary N) is 4. The molecule has 3 aromatic carbocycles. The molecule has 2 aliphatic rings. The Morgan fingerprint density at radius 2 is 1.60 bits per heavy atom. The number of carbonyl (C=O) groups is 3. The Bertz CT molecular complexity index is 2400. The molecule has 2 fully saturated rings. The molecule has 0 radical (unpaired) electrons. The van der Waals surface area contributed by atoms with E-state index >= 15 is 0 Å². The van der Waals surface area contributed by atoms with E-state index in [1.165, 1.54) is 14.2 Å². The number of benzene rings is 3. The molecule has 0 bridgehead atoms. The molecule has 1 aliphatic heterocycles. The number of carbonyl (C=O) groups excluding carboxylic acids is 3. The Balaban J connectivity index is 1.05. The molecule has 3 amide bonds. The second-order valence-corrected chi connectivity index (χ2v) is 14.9. The van der Waals surface area contributed by atoms with Crippen LogP contribution in [-0.4, -0.2) is 87.3 Å². The molecule has 4 heterocycles. The van der Waals surface area contributed by atoms with Gasteiger partial charge >= 0.3 is 12.2 Å². The van der Waals surface area contributed by atoms with E-state index in [-0.39, 0.29) is 23.9 Å². The highest BCUT2D eigenvalue weighted by molar-refractivity contribution is 6.06. The molecular weight excluding hydrogens is 699 g/mol. The van der Waals surface area contributed by atoms with E-state index in [1.54, 1.807) is 11.8 Å². The average molecular weight is 746 g/mol. The van der Waals surface area contributed by atoms with Gasteiger partial charge in [-0.2, -0.15) is 0 Å². The quantitative estimate of drug-likeness (QED) is 0.0922. The average Bonchev–Trinajstić information content (AvgIpc) is 3.56. The Hall–Kier alpha value is -5.76. The van der Waals surface area contributed by atoms with Crippen molar-refractivity contribution in [3.8, 4) is 11.3 Å². The third kappa shape index (κ3) is 7.25. The van der Waals surface area contributed by atoms with Crippen molar-refractivity contribution in [2.75, 3.05) is 27.3 Å². The van der Waals surface area contributed by atoms with Crippen LogP contribution in [0.25, 0.3) is 55.0 Å². The molecule has 1 unspecified atom stereocenters. The van der Waals surface area contributed by atoms with Crippen LogP contribution in [-0.2, 0) is 14.3 Å². The van der Waals surface area contributed by atoms with Crippen LogP contribution in [0.15, 0.2) is 54.6 Å². The second kappa shape index (κ2) is 15.2. The number of alkyl carbamates (subject to hydrolysis) is 2. The van der Waals surface area contributed by atoms with Gasteiger partial charge in [0, 0.05) is 34.8 Å². The fourth-order valence-corrected chi connectivity index (χ4v) is 8.18. The van der Waals surface area contributed by atoms with Crippen molar-refractivity contribution >= 4 is 61.8 Å². The Morgan fingerprint density at radius 3 is 2.38 bits per heavy atom. The first-order valence-corrected chi connectivity index (χ1v) is 19.2. The normalized spacial score (nSPS) is 17.5. The van der Waals surface area contributed by atoms with Crippen LogP contribution < -0.4 is 16.4 Å². The summed E-state index contributed by atoms with van der Waals surface area (Å²) < 4.78 is 9.60. The van der Waals surface area contributed by atoms with Crippen LogP contribution in [0.1, 0.15) is 75.5 Å². The molecule has 1 aliphatic carbocycles. The molecule has 0 spiro atoms. The van der Waals surface area contributed by atoms with Gasteiger partial charge in [0.25, 0.3) is 0 Å². The molecule has 8 rings (SSSR count). The van der Waals surface area contributed by atoms with E-state index in [2.05, 4.69) is 55.7 Å². The van der Waals surface area contributed by atoms with Gasteiger partial charge in [-0.25, -0.2) is 24.5 Å². The van der Waals surface area contributed by atoms with Gasteiger partial charge < -0.3 is 40.7 Å². The third-order valence-corrected chi connectivity index (χ3v) is 11.2. The zero-order valence-corrected chi connectivity index (χ0v) is 31.4. The van der Waals surface area contributed by atoms with Crippen molar-refractivity contribution in [1.29, 1.82) is 0 Å². The highest BCUT2D eigenvalue weighted by Gasteiger charge is 2.36. The number of hydrogen-bond acceptors (Lipinski definition) is 9. The molecular formula is C41H47N9O5. The number of rotatable bonds is 12. The maximum atomic E-state index is 13.3. The highest BCUT2D eigenvalue weighted by Crippen LogP contribution is 2.39. The number of ether oxygens (including phenoxy) is 2. The van der Waals surface area contributed by atoms with E-state index < -0.39 is 18.2 Å². The molecule has 286 valence electrons. The number of H-pyrrole nitrogens is 2. The lowest BCUT2D eigenvalue weighted by atomic mass is 9.92. The maximum absolute atomic E-state index is 13.3. The molecule has 14 nitrogen and oxygen atoms in total. The number of pyridine rings is 1. The summed E-state index contributed by atoms with van der Waals surface area (Å²) in [6.45, 7) is 2.85. The predicted molar refractivity (Wildman–Crippen MR) is 210 cm³/mol. The zero-order valence-electron chi connectivity index (χ0n) is 31.4. The van der Waals surface area contributed by atoms with E-state index in [0.717, 1.165) is 112 Å². The number of methoxy groups -OCH3 is 2. The first-order chi connectivity index (χ1) is 26.7. The number of nitrogens with zero attached hydrogens (tertiary/aromatic N) is 4. The van der Waals surface area contributed by atoms with Gasteiger partial charge in [0.2, 0.25) is 5.91 Å². The number of hydrogen-bond donors (Lipinski definition) is 5. The second-order valence-electron chi connectivity index (χ2n) is 14.9. The third-order valence-electron chi connectivity index (χ3n) is 11.2. The van der Waals surface area contributed by atoms with E-state index in [9.17, 15) is 14.4 Å². The summed E-state index contributed by atoms with van der Waals surface area (Å²) >= 11 is 0. The highest BCUT2D eigenvalue weighted by atomic mass is 16.5.